The Labute approximate surface area is 127 Å². The molecule has 0 aliphatic carbocycles. The van der Waals surface area contributed by atoms with Gasteiger partial charge in [0.1, 0.15) is 11.6 Å². The second-order valence-corrected chi connectivity index (χ2v) is 4.69. The van der Waals surface area contributed by atoms with E-state index in [-0.39, 0.29) is 6.03 Å². The van der Waals surface area contributed by atoms with Crippen LogP contribution in [-0.4, -0.2) is 20.6 Å². The van der Waals surface area contributed by atoms with Gasteiger partial charge < -0.3 is 10.6 Å². The molecule has 0 aliphatic rings. The van der Waals surface area contributed by atoms with Gasteiger partial charge in [-0.2, -0.15) is 0 Å². The van der Waals surface area contributed by atoms with E-state index in [1.165, 1.54) is 0 Å². The number of carbonyl (C=O) groups is 1. The van der Waals surface area contributed by atoms with Crippen LogP contribution in [0.25, 0.3) is 5.82 Å². The highest BCUT2D eigenvalue weighted by molar-refractivity contribution is 5.99. The molecule has 0 aliphatic heterocycles. The van der Waals surface area contributed by atoms with Crippen molar-refractivity contribution < 1.29 is 4.79 Å². The first-order chi connectivity index (χ1) is 10.7. The van der Waals surface area contributed by atoms with Gasteiger partial charge in [-0.25, -0.2) is 14.8 Å². The summed E-state index contributed by atoms with van der Waals surface area (Å²) in [4.78, 5) is 20.4. The normalized spacial score (nSPS) is 10.2. The summed E-state index contributed by atoms with van der Waals surface area (Å²) < 4.78 is 1.87. The monoisotopic (exact) mass is 293 g/mol. The smallest absolute Gasteiger partial charge is 0.308 e. The van der Waals surface area contributed by atoms with Gasteiger partial charge in [0, 0.05) is 18.1 Å². The van der Waals surface area contributed by atoms with Crippen LogP contribution < -0.4 is 10.6 Å². The highest BCUT2D eigenvalue weighted by atomic mass is 16.2. The minimum Gasteiger partial charge on any atom is -0.308 e. The van der Waals surface area contributed by atoms with E-state index >= 15 is 0 Å². The lowest BCUT2D eigenvalue weighted by molar-refractivity contribution is 0.262. The number of hydrogen-bond donors (Lipinski definition) is 2. The van der Waals surface area contributed by atoms with Crippen LogP contribution in [0.2, 0.25) is 0 Å². The predicted octanol–water partition coefficient (Wildman–Crippen LogP) is 3.22. The van der Waals surface area contributed by atoms with E-state index in [0.717, 1.165) is 17.3 Å². The van der Waals surface area contributed by atoms with Crippen molar-refractivity contribution in [2.75, 3.05) is 10.6 Å². The average molecular weight is 293 g/mol. The number of carbonyl (C=O) groups excluding carboxylic acids is 1. The molecule has 0 bridgehead atoms. The van der Waals surface area contributed by atoms with Gasteiger partial charge in [-0.05, 0) is 31.2 Å². The minimum absolute atomic E-state index is 0.306. The molecule has 3 rings (SSSR count). The van der Waals surface area contributed by atoms with Gasteiger partial charge in [0.25, 0.3) is 0 Å². The van der Waals surface area contributed by atoms with Crippen molar-refractivity contribution >= 4 is 17.4 Å². The lowest BCUT2D eigenvalue weighted by atomic mass is 10.3. The van der Waals surface area contributed by atoms with Gasteiger partial charge in [-0.15, -0.1) is 0 Å². The highest BCUT2D eigenvalue weighted by Gasteiger charge is 2.05. The molecule has 0 saturated heterocycles. The fraction of sp³-hybridized carbons (Fsp3) is 0.0625. The molecular weight excluding hydrogens is 278 g/mol. The largest absolute Gasteiger partial charge is 0.323 e. The molecule has 22 heavy (non-hydrogen) atoms. The van der Waals surface area contributed by atoms with Crippen LogP contribution >= 0.6 is 0 Å². The number of amides is 2. The maximum absolute atomic E-state index is 11.9. The van der Waals surface area contributed by atoms with Crippen molar-refractivity contribution in [1.82, 2.24) is 14.5 Å². The van der Waals surface area contributed by atoms with E-state index in [0.29, 0.717) is 5.69 Å². The molecule has 0 saturated carbocycles. The van der Waals surface area contributed by atoms with Crippen molar-refractivity contribution in [1.29, 1.82) is 0 Å². The number of aromatic nitrogens is 3. The minimum atomic E-state index is -0.306. The number of benzene rings is 1. The summed E-state index contributed by atoms with van der Waals surface area (Å²) in [5.74, 6) is 1.61. The third kappa shape index (κ3) is 3.12. The van der Waals surface area contributed by atoms with Gasteiger partial charge in [0.2, 0.25) is 0 Å². The van der Waals surface area contributed by atoms with Gasteiger partial charge in [-0.3, -0.25) is 4.57 Å². The molecule has 3 aromatic rings. The number of rotatable bonds is 3. The van der Waals surface area contributed by atoms with Gasteiger partial charge in [0.15, 0.2) is 0 Å². The third-order valence-electron chi connectivity index (χ3n) is 3.11. The summed E-state index contributed by atoms with van der Waals surface area (Å²) >= 11 is 0. The van der Waals surface area contributed by atoms with Gasteiger partial charge >= 0.3 is 6.03 Å². The van der Waals surface area contributed by atoms with Crippen molar-refractivity contribution in [3.63, 3.8) is 0 Å². The molecule has 0 fully saturated rings. The summed E-state index contributed by atoms with van der Waals surface area (Å²) in [6, 6.07) is 12.6. The molecule has 0 radical (unpaired) electrons. The summed E-state index contributed by atoms with van der Waals surface area (Å²) in [5.41, 5.74) is 1.36. The Hall–Kier alpha value is -3.15. The quantitative estimate of drug-likeness (QED) is 0.778. The van der Waals surface area contributed by atoms with Gasteiger partial charge in [0.05, 0.1) is 11.9 Å². The molecule has 0 atom stereocenters. The number of anilines is 2. The Bertz CT molecular complexity index is 765. The van der Waals surface area contributed by atoms with Crippen LogP contribution in [0, 0.1) is 6.92 Å². The topological polar surface area (TPSA) is 71.8 Å². The van der Waals surface area contributed by atoms with Crippen LogP contribution in [0.1, 0.15) is 5.82 Å². The molecule has 6 nitrogen and oxygen atoms in total. The second-order valence-electron chi connectivity index (χ2n) is 4.69. The number of hydrogen-bond acceptors (Lipinski definition) is 3. The lowest BCUT2D eigenvalue weighted by Crippen LogP contribution is -2.19. The van der Waals surface area contributed by atoms with Crippen LogP contribution in [-0.2, 0) is 0 Å². The Morgan fingerprint density at radius 3 is 2.41 bits per heavy atom. The number of para-hydroxylation sites is 1. The first-order valence-electron chi connectivity index (χ1n) is 6.82. The molecule has 2 N–H and O–H groups in total. The van der Waals surface area contributed by atoms with Crippen LogP contribution in [0.15, 0.2) is 61.1 Å². The fourth-order valence-electron chi connectivity index (χ4n) is 2.04. The van der Waals surface area contributed by atoms with Crippen LogP contribution in [0.5, 0.6) is 0 Å². The number of aryl methyl sites for hydroxylation is 1. The Morgan fingerprint density at radius 2 is 1.77 bits per heavy atom. The number of imidazole rings is 1. The Kier molecular flexibility index (Phi) is 3.82. The zero-order chi connectivity index (χ0) is 15.4. The van der Waals surface area contributed by atoms with E-state index in [4.69, 9.17) is 0 Å². The maximum atomic E-state index is 11.9. The summed E-state index contributed by atoms with van der Waals surface area (Å²) in [6.07, 6.45) is 5.17. The first-order valence-corrected chi connectivity index (χ1v) is 6.82. The van der Waals surface area contributed by atoms with E-state index in [2.05, 4.69) is 20.6 Å². The number of urea groups is 1. The Morgan fingerprint density at radius 1 is 1.00 bits per heavy atom. The van der Waals surface area contributed by atoms with E-state index in [9.17, 15) is 4.79 Å². The summed E-state index contributed by atoms with van der Waals surface area (Å²) in [6.45, 7) is 1.90. The molecule has 0 spiro atoms. The van der Waals surface area contributed by atoms with Crippen molar-refractivity contribution in [3.05, 3.63) is 66.9 Å². The van der Waals surface area contributed by atoms with E-state index < -0.39 is 0 Å². The zero-order valence-electron chi connectivity index (χ0n) is 12.0. The molecule has 2 aromatic heterocycles. The van der Waals surface area contributed by atoms with Crippen LogP contribution in [0.3, 0.4) is 0 Å². The van der Waals surface area contributed by atoms with Crippen molar-refractivity contribution in [2.24, 2.45) is 0 Å². The molecular formula is C16H15N5O. The average Bonchev–Trinajstić information content (AvgIpc) is 2.95. The van der Waals surface area contributed by atoms with E-state index in [1.54, 1.807) is 18.5 Å². The highest BCUT2D eigenvalue weighted by Crippen LogP contribution is 2.12. The molecule has 1 aromatic carbocycles. The summed E-state index contributed by atoms with van der Waals surface area (Å²) in [7, 11) is 0. The molecule has 110 valence electrons. The molecule has 6 heteroatoms. The third-order valence-corrected chi connectivity index (χ3v) is 3.11. The van der Waals surface area contributed by atoms with Crippen molar-refractivity contribution in [2.45, 2.75) is 6.92 Å². The molecule has 2 amide bonds. The Balaban J connectivity index is 1.66. The van der Waals surface area contributed by atoms with E-state index in [1.807, 2.05) is 54.1 Å². The number of pyridine rings is 1. The first kappa shape index (κ1) is 13.8. The van der Waals surface area contributed by atoms with Gasteiger partial charge in [-0.1, -0.05) is 18.2 Å². The second kappa shape index (κ2) is 6.09. The van der Waals surface area contributed by atoms with Crippen LogP contribution in [0.4, 0.5) is 16.2 Å². The lowest BCUT2D eigenvalue weighted by Gasteiger charge is -2.08. The SMILES string of the molecule is Cc1nccn1-c1ccc(NC(=O)Nc2ccccc2)cn1. The fourth-order valence-corrected chi connectivity index (χ4v) is 2.04. The molecule has 2 heterocycles. The maximum Gasteiger partial charge on any atom is 0.323 e. The number of nitrogens with one attached hydrogen (secondary N) is 2. The predicted molar refractivity (Wildman–Crippen MR) is 85.2 cm³/mol. The standard InChI is InChI=1S/C16H15N5O/c1-12-17-9-10-21(12)15-8-7-14(11-18-15)20-16(22)19-13-5-3-2-4-6-13/h2-11H,1H3,(H2,19,20,22). The number of nitrogens with zero attached hydrogens (tertiary/aromatic N) is 3. The zero-order valence-corrected chi connectivity index (χ0v) is 12.0. The summed E-state index contributed by atoms with van der Waals surface area (Å²) in [5, 5.41) is 5.49. The van der Waals surface area contributed by atoms with Crippen molar-refractivity contribution in [3.8, 4) is 5.82 Å². The molecule has 0 unspecified atom stereocenters.